The van der Waals surface area contributed by atoms with Gasteiger partial charge in [0.05, 0.1) is 18.3 Å². The summed E-state index contributed by atoms with van der Waals surface area (Å²) >= 11 is 6.03. The number of carbonyl (C=O) groups is 1. The first kappa shape index (κ1) is 21.5. The lowest BCUT2D eigenvalue weighted by molar-refractivity contribution is -0.120. The van der Waals surface area contributed by atoms with Crippen LogP contribution >= 0.6 is 11.6 Å². The Kier molecular flexibility index (Phi) is 6.42. The molecule has 1 amide bonds. The van der Waals surface area contributed by atoms with Crippen molar-refractivity contribution in [3.05, 3.63) is 89.2 Å². The SMILES string of the molecule is Cn1cc(Nc2ncc(-c3ccc(CC(=O)NCc4cc(F)ccc4Cl)cc3)cn2)cn1. The zero-order chi connectivity index (χ0) is 22.5. The van der Waals surface area contributed by atoms with Crippen LogP contribution in [0.2, 0.25) is 5.02 Å². The predicted octanol–water partition coefficient (Wildman–Crippen LogP) is 4.27. The van der Waals surface area contributed by atoms with Crippen LogP contribution in [0.25, 0.3) is 11.1 Å². The van der Waals surface area contributed by atoms with Crippen molar-refractivity contribution in [2.75, 3.05) is 5.32 Å². The van der Waals surface area contributed by atoms with Gasteiger partial charge in [0, 0.05) is 42.8 Å². The average molecular weight is 451 g/mol. The first-order chi connectivity index (χ1) is 15.5. The number of nitrogens with zero attached hydrogens (tertiary/aromatic N) is 4. The van der Waals surface area contributed by atoms with Gasteiger partial charge in [0.25, 0.3) is 0 Å². The van der Waals surface area contributed by atoms with Gasteiger partial charge >= 0.3 is 0 Å². The van der Waals surface area contributed by atoms with Gasteiger partial charge in [-0.25, -0.2) is 14.4 Å². The molecule has 0 saturated carbocycles. The number of carbonyl (C=O) groups excluding carboxylic acids is 1. The van der Waals surface area contributed by atoms with Gasteiger partial charge < -0.3 is 10.6 Å². The fraction of sp³-hybridized carbons (Fsp3) is 0.130. The number of nitrogens with one attached hydrogen (secondary N) is 2. The molecule has 0 fully saturated rings. The van der Waals surface area contributed by atoms with Crippen LogP contribution in [0.4, 0.5) is 16.0 Å². The minimum atomic E-state index is -0.390. The summed E-state index contributed by atoms with van der Waals surface area (Å²) in [5.41, 5.74) is 4.00. The fourth-order valence-corrected chi connectivity index (χ4v) is 3.28. The van der Waals surface area contributed by atoms with Gasteiger partial charge in [-0.2, -0.15) is 5.10 Å². The Hall–Kier alpha value is -3.78. The molecule has 4 rings (SSSR count). The number of hydrogen-bond acceptors (Lipinski definition) is 5. The number of halogens is 2. The van der Waals surface area contributed by atoms with E-state index >= 15 is 0 Å². The van der Waals surface area contributed by atoms with E-state index in [0.29, 0.717) is 16.5 Å². The Balaban J connectivity index is 1.33. The van der Waals surface area contributed by atoms with Crippen molar-refractivity contribution in [2.24, 2.45) is 7.05 Å². The summed E-state index contributed by atoms with van der Waals surface area (Å²) in [5.74, 6) is -0.0835. The number of anilines is 2. The highest BCUT2D eigenvalue weighted by atomic mass is 35.5. The fourth-order valence-electron chi connectivity index (χ4n) is 3.09. The van der Waals surface area contributed by atoms with E-state index in [4.69, 9.17) is 11.6 Å². The number of benzene rings is 2. The topological polar surface area (TPSA) is 84.7 Å². The van der Waals surface area contributed by atoms with Crippen LogP contribution in [0.3, 0.4) is 0 Å². The first-order valence-electron chi connectivity index (χ1n) is 9.84. The van der Waals surface area contributed by atoms with Crippen LogP contribution in [0.5, 0.6) is 0 Å². The lowest BCUT2D eigenvalue weighted by Gasteiger charge is -2.08. The van der Waals surface area contributed by atoms with Gasteiger partial charge in [-0.3, -0.25) is 9.48 Å². The molecular formula is C23H20ClFN6O. The molecular weight excluding hydrogens is 431 g/mol. The molecule has 32 heavy (non-hydrogen) atoms. The third kappa shape index (κ3) is 5.47. The molecule has 2 N–H and O–H groups in total. The van der Waals surface area contributed by atoms with Crippen molar-refractivity contribution in [1.29, 1.82) is 0 Å². The largest absolute Gasteiger partial charge is 0.352 e. The molecule has 0 spiro atoms. The van der Waals surface area contributed by atoms with E-state index < -0.39 is 0 Å². The Bertz CT molecular complexity index is 1220. The van der Waals surface area contributed by atoms with Gasteiger partial charge in [-0.1, -0.05) is 35.9 Å². The highest BCUT2D eigenvalue weighted by molar-refractivity contribution is 6.31. The normalized spacial score (nSPS) is 10.7. The van der Waals surface area contributed by atoms with Crippen LogP contribution in [0, 0.1) is 5.82 Å². The summed E-state index contributed by atoms with van der Waals surface area (Å²) in [7, 11) is 1.84. The number of aromatic nitrogens is 4. The number of amides is 1. The summed E-state index contributed by atoms with van der Waals surface area (Å²) in [4.78, 5) is 20.9. The summed E-state index contributed by atoms with van der Waals surface area (Å²) in [6.07, 6.45) is 7.20. The summed E-state index contributed by atoms with van der Waals surface area (Å²) in [6, 6.07) is 11.7. The quantitative estimate of drug-likeness (QED) is 0.439. The van der Waals surface area contributed by atoms with Crippen LogP contribution in [0.15, 0.2) is 67.3 Å². The average Bonchev–Trinajstić information content (AvgIpc) is 3.20. The minimum Gasteiger partial charge on any atom is -0.352 e. The second-order valence-electron chi connectivity index (χ2n) is 7.21. The number of aryl methyl sites for hydroxylation is 1. The predicted molar refractivity (Wildman–Crippen MR) is 121 cm³/mol. The molecule has 0 aliphatic rings. The number of rotatable bonds is 7. The van der Waals surface area contributed by atoms with Gasteiger partial charge in [-0.05, 0) is 34.9 Å². The zero-order valence-electron chi connectivity index (χ0n) is 17.2. The zero-order valence-corrected chi connectivity index (χ0v) is 18.0. The van der Waals surface area contributed by atoms with Gasteiger partial charge in [0.15, 0.2) is 0 Å². The first-order valence-corrected chi connectivity index (χ1v) is 10.2. The number of hydrogen-bond donors (Lipinski definition) is 2. The Labute approximate surface area is 189 Å². The maximum atomic E-state index is 13.3. The third-order valence-electron chi connectivity index (χ3n) is 4.75. The molecule has 4 aromatic rings. The molecule has 2 heterocycles. The van der Waals surface area contributed by atoms with Crippen molar-refractivity contribution in [3.8, 4) is 11.1 Å². The Morgan fingerprint density at radius 1 is 1.06 bits per heavy atom. The molecule has 2 aromatic heterocycles. The molecule has 0 aliphatic heterocycles. The van der Waals surface area contributed by atoms with Crippen LogP contribution in [-0.4, -0.2) is 25.7 Å². The Morgan fingerprint density at radius 2 is 1.81 bits per heavy atom. The lowest BCUT2D eigenvalue weighted by Crippen LogP contribution is -2.24. The van der Waals surface area contributed by atoms with E-state index in [-0.39, 0.29) is 24.7 Å². The molecule has 0 radical (unpaired) electrons. The van der Waals surface area contributed by atoms with Gasteiger partial charge in [0.1, 0.15) is 5.82 Å². The van der Waals surface area contributed by atoms with Crippen molar-refractivity contribution in [2.45, 2.75) is 13.0 Å². The van der Waals surface area contributed by atoms with Crippen LogP contribution in [0.1, 0.15) is 11.1 Å². The third-order valence-corrected chi connectivity index (χ3v) is 5.12. The molecule has 7 nitrogen and oxygen atoms in total. The van der Waals surface area contributed by atoms with Crippen molar-refractivity contribution >= 4 is 29.1 Å². The molecule has 2 aromatic carbocycles. The Morgan fingerprint density at radius 3 is 2.50 bits per heavy atom. The molecule has 0 unspecified atom stereocenters. The maximum absolute atomic E-state index is 13.3. The highest BCUT2D eigenvalue weighted by Gasteiger charge is 2.08. The summed E-state index contributed by atoms with van der Waals surface area (Å²) in [6.45, 7) is 0.171. The molecule has 0 bridgehead atoms. The standard InChI is InChI=1S/C23H20ClFN6O/c1-31-14-20(13-29-31)30-23-27-11-18(12-28-23)16-4-2-15(3-5-16)8-22(32)26-10-17-9-19(25)6-7-21(17)24/h2-7,9,11-14H,8,10H2,1H3,(H,26,32)(H,27,28,30). The lowest BCUT2D eigenvalue weighted by atomic mass is 10.0. The van der Waals surface area contributed by atoms with E-state index in [0.717, 1.165) is 22.4 Å². The summed E-state index contributed by atoms with van der Waals surface area (Å²) in [5, 5.41) is 10.4. The second kappa shape index (κ2) is 9.57. The molecule has 162 valence electrons. The van der Waals surface area contributed by atoms with E-state index in [1.54, 1.807) is 23.3 Å². The molecule has 9 heteroatoms. The smallest absolute Gasteiger partial charge is 0.227 e. The van der Waals surface area contributed by atoms with E-state index in [1.165, 1.54) is 18.2 Å². The molecule has 0 atom stereocenters. The molecule has 0 saturated heterocycles. The van der Waals surface area contributed by atoms with Crippen LogP contribution in [-0.2, 0) is 24.8 Å². The van der Waals surface area contributed by atoms with E-state index in [1.807, 2.05) is 37.5 Å². The summed E-state index contributed by atoms with van der Waals surface area (Å²) < 4.78 is 15.0. The van der Waals surface area contributed by atoms with Crippen LogP contribution < -0.4 is 10.6 Å². The molecule has 0 aliphatic carbocycles. The van der Waals surface area contributed by atoms with E-state index in [9.17, 15) is 9.18 Å². The van der Waals surface area contributed by atoms with E-state index in [2.05, 4.69) is 25.7 Å². The maximum Gasteiger partial charge on any atom is 0.227 e. The van der Waals surface area contributed by atoms with Gasteiger partial charge in [-0.15, -0.1) is 0 Å². The second-order valence-corrected chi connectivity index (χ2v) is 7.62. The van der Waals surface area contributed by atoms with Gasteiger partial charge in [0.2, 0.25) is 11.9 Å². The van der Waals surface area contributed by atoms with Crippen molar-refractivity contribution < 1.29 is 9.18 Å². The van der Waals surface area contributed by atoms with Crippen molar-refractivity contribution in [3.63, 3.8) is 0 Å². The van der Waals surface area contributed by atoms with Crippen molar-refractivity contribution in [1.82, 2.24) is 25.1 Å². The highest BCUT2D eigenvalue weighted by Crippen LogP contribution is 2.20. The minimum absolute atomic E-state index is 0.171. The monoisotopic (exact) mass is 450 g/mol.